The number of aryl methyl sites for hydroxylation is 1. The van der Waals surface area contributed by atoms with Crippen LogP contribution in [0.15, 0.2) is 28.1 Å². The van der Waals surface area contributed by atoms with E-state index < -0.39 is 0 Å². The third-order valence-electron chi connectivity index (χ3n) is 4.06. The predicted octanol–water partition coefficient (Wildman–Crippen LogP) is 5.55. The molecule has 1 N–H and O–H groups in total. The molecule has 0 aliphatic heterocycles. The first-order valence-electron chi connectivity index (χ1n) is 8.81. The molecule has 0 fully saturated rings. The fraction of sp³-hybridized carbons (Fsp3) is 0.500. The summed E-state index contributed by atoms with van der Waals surface area (Å²) in [5.41, 5.74) is 2.27. The molecule has 1 atom stereocenters. The Kier molecular flexibility index (Phi) is 7.24. The summed E-state index contributed by atoms with van der Waals surface area (Å²) in [7, 11) is 0. The number of amides is 1. The second kappa shape index (κ2) is 9.00. The summed E-state index contributed by atoms with van der Waals surface area (Å²) in [6, 6.07) is 6.11. The average Bonchev–Trinajstić information content (AvgIpc) is 2.98. The van der Waals surface area contributed by atoms with Crippen molar-refractivity contribution in [3.05, 3.63) is 44.3 Å². The van der Waals surface area contributed by atoms with Gasteiger partial charge in [-0.15, -0.1) is 11.3 Å². The molecule has 1 heterocycles. The van der Waals surface area contributed by atoms with Gasteiger partial charge < -0.3 is 10.1 Å². The molecule has 1 aromatic heterocycles. The Bertz CT molecular complexity index is 753. The molecule has 0 saturated carbocycles. The molecule has 0 spiro atoms. The average molecular weight is 439 g/mol. The van der Waals surface area contributed by atoms with E-state index in [1.165, 1.54) is 5.56 Å². The minimum Gasteiger partial charge on any atom is -0.492 e. The number of benzene rings is 1. The van der Waals surface area contributed by atoms with Gasteiger partial charge in [0.05, 0.1) is 27.8 Å². The Morgan fingerprint density at radius 1 is 1.38 bits per heavy atom. The lowest BCUT2D eigenvalue weighted by molar-refractivity contribution is -0.122. The minimum absolute atomic E-state index is 0.0221. The molecule has 1 unspecified atom stereocenters. The summed E-state index contributed by atoms with van der Waals surface area (Å²) in [6.45, 7) is 11.0. The number of hydrogen-bond donors (Lipinski definition) is 1. The van der Waals surface area contributed by atoms with E-state index in [-0.39, 0.29) is 17.4 Å². The van der Waals surface area contributed by atoms with Gasteiger partial charge in [-0.3, -0.25) is 4.79 Å². The summed E-state index contributed by atoms with van der Waals surface area (Å²) in [6.07, 6.45) is 1.10. The van der Waals surface area contributed by atoms with Crippen LogP contribution in [0.3, 0.4) is 0 Å². The topological polar surface area (TPSA) is 51.2 Å². The van der Waals surface area contributed by atoms with Crippen LogP contribution in [0.4, 0.5) is 0 Å². The van der Waals surface area contributed by atoms with Crippen molar-refractivity contribution in [3.8, 4) is 5.75 Å². The van der Waals surface area contributed by atoms with E-state index in [0.717, 1.165) is 20.9 Å². The van der Waals surface area contributed by atoms with Gasteiger partial charge in [0.15, 0.2) is 0 Å². The highest BCUT2D eigenvalue weighted by Gasteiger charge is 2.15. The summed E-state index contributed by atoms with van der Waals surface area (Å²) in [5, 5.41) is 5.98. The lowest BCUT2D eigenvalue weighted by Gasteiger charge is -2.20. The number of aromatic nitrogens is 1. The Morgan fingerprint density at radius 3 is 2.69 bits per heavy atom. The van der Waals surface area contributed by atoms with Crippen LogP contribution in [0.25, 0.3) is 0 Å². The predicted molar refractivity (Wildman–Crippen MR) is 111 cm³/mol. The van der Waals surface area contributed by atoms with Crippen LogP contribution < -0.4 is 10.1 Å². The second-order valence-corrected chi connectivity index (χ2v) is 9.34. The molecule has 0 saturated heterocycles. The number of nitrogens with zero attached hydrogens (tertiary/aromatic N) is 1. The van der Waals surface area contributed by atoms with Crippen LogP contribution in [-0.4, -0.2) is 17.5 Å². The Hall–Kier alpha value is -1.40. The molecule has 1 aromatic carbocycles. The van der Waals surface area contributed by atoms with Crippen LogP contribution in [0.5, 0.6) is 5.75 Å². The zero-order chi connectivity index (χ0) is 19.3. The Balaban J connectivity index is 1.75. The van der Waals surface area contributed by atoms with Gasteiger partial charge in [0, 0.05) is 11.8 Å². The largest absolute Gasteiger partial charge is 0.492 e. The Morgan fingerprint density at radius 2 is 2.12 bits per heavy atom. The van der Waals surface area contributed by atoms with Crippen molar-refractivity contribution in [2.45, 2.75) is 58.9 Å². The molecule has 142 valence electrons. The highest BCUT2D eigenvalue weighted by Crippen LogP contribution is 2.31. The number of thiazole rings is 1. The van der Waals surface area contributed by atoms with Crippen molar-refractivity contribution in [2.75, 3.05) is 6.61 Å². The highest BCUT2D eigenvalue weighted by molar-refractivity contribution is 9.10. The zero-order valence-corrected chi connectivity index (χ0v) is 18.5. The van der Waals surface area contributed by atoms with Gasteiger partial charge >= 0.3 is 0 Å². The molecule has 0 bridgehead atoms. The minimum atomic E-state index is -0.0625. The van der Waals surface area contributed by atoms with E-state index >= 15 is 0 Å². The molecule has 0 radical (unpaired) electrons. The Labute approximate surface area is 168 Å². The maximum atomic E-state index is 12.1. The first-order valence-corrected chi connectivity index (χ1v) is 10.5. The molecule has 0 aliphatic carbocycles. The second-order valence-electron chi connectivity index (χ2n) is 7.43. The van der Waals surface area contributed by atoms with E-state index in [1.807, 2.05) is 25.3 Å². The standard InChI is InChI=1S/C20H27BrN2O2S/c1-13(17-12-26-14(2)23-17)22-19(24)7-6-10-25-18-9-8-15(11-16(18)21)20(3,4)5/h8-9,11-13H,6-7,10H2,1-5H3,(H,22,24). The van der Waals surface area contributed by atoms with Crippen molar-refractivity contribution < 1.29 is 9.53 Å². The number of carbonyl (C=O) groups is 1. The van der Waals surface area contributed by atoms with Gasteiger partial charge in [0.1, 0.15) is 5.75 Å². The van der Waals surface area contributed by atoms with Crippen LogP contribution in [-0.2, 0) is 10.2 Å². The third-order valence-corrected chi connectivity index (χ3v) is 5.47. The summed E-state index contributed by atoms with van der Waals surface area (Å²) in [4.78, 5) is 16.5. The number of hydrogen-bond acceptors (Lipinski definition) is 4. The van der Waals surface area contributed by atoms with Gasteiger partial charge in [0.2, 0.25) is 5.91 Å². The van der Waals surface area contributed by atoms with E-state index in [1.54, 1.807) is 11.3 Å². The molecule has 2 aromatic rings. The van der Waals surface area contributed by atoms with Crippen LogP contribution in [0, 0.1) is 6.92 Å². The van der Waals surface area contributed by atoms with Crippen molar-refractivity contribution in [1.82, 2.24) is 10.3 Å². The van der Waals surface area contributed by atoms with Crippen molar-refractivity contribution in [3.63, 3.8) is 0 Å². The van der Waals surface area contributed by atoms with Crippen molar-refractivity contribution in [2.24, 2.45) is 0 Å². The van der Waals surface area contributed by atoms with Gasteiger partial charge in [-0.1, -0.05) is 26.8 Å². The molecule has 1 amide bonds. The highest BCUT2D eigenvalue weighted by atomic mass is 79.9. The number of carbonyl (C=O) groups excluding carboxylic acids is 1. The summed E-state index contributed by atoms with van der Waals surface area (Å²) < 4.78 is 6.76. The lowest BCUT2D eigenvalue weighted by Crippen LogP contribution is -2.27. The van der Waals surface area contributed by atoms with Gasteiger partial charge in [-0.25, -0.2) is 4.98 Å². The molecular formula is C20H27BrN2O2S. The monoisotopic (exact) mass is 438 g/mol. The molecule has 4 nitrogen and oxygen atoms in total. The maximum absolute atomic E-state index is 12.1. The lowest BCUT2D eigenvalue weighted by atomic mass is 9.87. The number of halogens is 1. The SMILES string of the molecule is Cc1nc(C(C)NC(=O)CCCOc2ccc(C(C)(C)C)cc2Br)cs1. The summed E-state index contributed by atoms with van der Waals surface area (Å²) in [5.74, 6) is 0.832. The smallest absolute Gasteiger partial charge is 0.220 e. The molecular weight excluding hydrogens is 412 g/mol. The van der Waals surface area contributed by atoms with E-state index in [0.29, 0.717) is 19.4 Å². The molecule has 2 rings (SSSR count). The normalized spacial score (nSPS) is 12.7. The van der Waals surface area contributed by atoms with Crippen molar-refractivity contribution in [1.29, 1.82) is 0 Å². The quantitative estimate of drug-likeness (QED) is 0.576. The summed E-state index contributed by atoms with van der Waals surface area (Å²) >= 11 is 5.17. The van der Waals surface area contributed by atoms with Crippen molar-refractivity contribution >= 4 is 33.2 Å². The van der Waals surface area contributed by atoms with E-state index in [9.17, 15) is 4.79 Å². The van der Waals surface area contributed by atoms with Crippen LogP contribution in [0.2, 0.25) is 0 Å². The first-order chi connectivity index (χ1) is 12.2. The van der Waals surface area contributed by atoms with Gasteiger partial charge in [-0.05, 0) is 59.3 Å². The number of rotatable bonds is 7. The van der Waals surface area contributed by atoms with Crippen LogP contribution in [0.1, 0.15) is 62.8 Å². The molecule has 26 heavy (non-hydrogen) atoms. The fourth-order valence-electron chi connectivity index (χ4n) is 2.47. The number of nitrogens with one attached hydrogen (secondary N) is 1. The van der Waals surface area contributed by atoms with Gasteiger partial charge in [-0.2, -0.15) is 0 Å². The molecule has 6 heteroatoms. The van der Waals surface area contributed by atoms with Crippen LogP contribution >= 0.6 is 27.3 Å². The fourth-order valence-corrected chi connectivity index (χ4v) is 3.67. The van der Waals surface area contributed by atoms with Gasteiger partial charge in [0.25, 0.3) is 0 Å². The van der Waals surface area contributed by atoms with E-state index in [4.69, 9.17) is 4.74 Å². The zero-order valence-electron chi connectivity index (χ0n) is 16.1. The third kappa shape index (κ3) is 6.09. The molecule has 0 aliphatic rings. The van der Waals surface area contributed by atoms with E-state index in [2.05, 4.69) is 59.1 Å². The maximum Gasteiger partial charge on any atom is 0.220 e. The number of ether oxygens (including phenoxy) is 1. The first kappa shape index (κ1) is 20.9.